The Hall–Kier alpha value is -2.70. The molecule has 0 atom stereocenters. The van der Waals surface area contributed by atoms with Crippen LogP contribution in [0.1, 0.15) is 51.0 Å². The van der Waals surface area contributed by atoms with Crippen LogP contribution in [0.15, 0.2) is 29.1 Å². The third kappa shape index (κ3) is 4.91. The minimum atomic E-state index is -0.726. The number of hydrogen-bond donors (Lipinski definition) is 1. The number of carbonyl (C=O) groups is 2. The lowest BCUT2D eigenvalue weighted by Gasteiger charge is -2.20. The summed E-state index contributed by atoms with van der Waals surface area (Å²) in [4.78, 5) is 36.9. The number of nitrogens with one attached hydrogen (secondary N) is 1. The Labute approximate surface area is 152 Å². The molecule has 26 heavy (non-hydrogen) atoms. The van der Waals surface area contributed by atoms with Gasteiger partial charge in [-0.2, -0.15) is 5.10 Å². The van der Waals surface area contributed by atoms with E-state index in [9.17, 15) is 14.4 Å². The zero-order valence-electron chi connectivity index (χ0n) is 15.7. The number of esters is 1. The van der Waals surface area contributed by atoms with Gasteiger partial charge in [-0.15, -0.1) is 0 Å². The Morgan fingerprint density at radius 3 is 2.46 bits per heavy atom. The normalized spacial score (nSPS) is 11.4. The molecule has 0 unspecified atom stereocenters. The predicted molar refractivity (Wildman–Crippen MR) is 99.1 cm³/mol. The molecular weight excluding hydrogens is 334 g/mol. The van der Waals surface area contributed by atoms with Crippen molar-refractivity contribution in [2.24, 2.45) is 0 Å². The van der Waals surface area contributed by atoms with Gasteiger partial charge in [-0.3, -0.25) is 9.59 Å². The van der Waals surface area contributed by atoms with Crippen molar-refractivity contribution in [1.29, 1.82) is 0 Å². The Kier molecular flexibility index (Phi) is 6.13. The number of ether oxygens (including phenoxy) is 1. The van der Waals surface area contributed by atoms with Gasteiger partial charge in [0, 0.05) is 17.5 Å². The Balaban J connectivity index is 2.29. The van der Waals surface area contributed by atoms with Gasteiger partial charge in [0.05, 0.1) is 5.39 Å². The van der Waals surface area contributed by atoms with Crippen LogP contribution in [0, 0.1) is 0 Å². The van der Waals surface area contributed by atoms with Crippen molar-refractivity contribution in [3.8, 4) is 0 Å². The summed E-state index contributed by atoms with van der Waals surface area (Å²) in [5, 5.41) is 7.74. The van der Waals surface area contributed by atoms with Gasteiger partial charge in [-0.25, -0.2) is 9.48 Å². The number of unbranched alkanes of at least 4 members (excludes halogenated alkanes) is 1. The fraction of sp³-hybridized carbons (Fsp3) is 0.474. The standard InChI is InChI=1S/C19H25N3O4/c1-5-6-11-22-17(24)14-10-8-7-9-13(14)16(21-22)18(25)26-12-15(23)20-19(2,3)4/h7-10H,5-6,11-12H2,1-4H3,(H,20,23). The second-order valence-corrected chi connectivity index (χ2v) is 7.15. The summed E-state index contributed by atoms with van der Waals surface area (Å²) < 4.78 is 6.40. The van der Waals surface area contributed by atoms with E-state index in [-0.39, 0.29) is 11.3 Å². The van der Waals surface area contributed by atoms with E-state index in [0.29, 0.717) is 17.3 Å². The largest absolute Gasteiger partial charge is 0.451 e. The molecule has 0 aliphatic rings. The van der Waals surface area contributed by atoms with Crippen LogP contribution in [0.3, 0.4) is 0 Å². The van der Waals surface area contributed by atoms with Crippen molar-refractivity contribution in [2.45, 2.75) is 52.6 Å². The van der Waals surface area contributed by atoms with E-state index < -0.39 is 24.0 Å². The number of rotatable bonds is 6. The molecule has 0 bridgehead atoms. The highest BCUT2D eigenvalue weighted by Gasteiger charge is 2.20. The van der Waals surface area contributed by atoms with Crippen molar-refractivity contribution in [3.63, 3.8) is 0 Å². The molecule has 0 fully saturated rings. The Morgan fingerprint density at radius 1 is 1.19 bits per heavy atom. The van der Waals surface area contributed by atoms with Gasteiger partial charge < -0.3 is 10.1 Å². The Bertz CT molecular complexity index is 865. The molecule has 1 heterocycles. The fourth-order valence-electron chi connectivity index (χ4n) is 2.50. The average Bonchev–Trinajstić information content (AvgIpc) is 2.58. The van der Waals surface area contributed by atoms with Gasteiger partial charge in [-0.1, -0.05) is 31.5 Å². The van der Waals surface area contributed by atoms with Crippen LogP contribution in [0.2, 0.25) is 0 Å². The minimum Gasteiger partial charge on any atom is -0.451 e. The highest BCUT2D eigenvalue weighted by atomic mass is 16.5. The van der Waals surface area contributed by atoms with Crippen LogP contribution in [-0.2, 0) is 16.1 Å². The molecule has 2 aromatic rings. The zero-order chi connectivity index (χ0) is 19.3. The smallest absolute Gasteiger partial charge is 0.359 e. The van der Waals surface area contributed by atoms with E-state index in [4.69, 9.17) is 4.74 Å². The number of amides is 1. The van der Waals surface area contributed by atoms with Gasteiger partial charge in [0.2, 0.25) is 0 Å². The zero-order valence-corrected chi connectivity index (χ0v) is 15.7. The average molecular weight is 359 g/mol. The lowest BCUT2D eigenvalue weighted by atomic mass is 10.1. The summed E-state index contributed by atoms with van der Waals surface area (Å²) in [5.41, 5.74) is -0.613. The van der Waals surface area contributed by atoms with Gasteiger partial charge in [0.1, 0.15) is 0 Å². The summed E-state index contributed by atoms with van der Waals surface area (Å²) >= 11 is 0. The maximum atomic E-state index is 12.5. The molecule has 1 N–H and O–H groups in total. The summed E-state index contributed by atoms with van der Waals surface area (Å²) in [6.07, 6.45) is 1.67. The summed E-state index contributed by atoms with van der Waals surface area (Å²) in [5.74, 6) is -1.12. The highest BCUT2D eigenvalue weighted by Crippen LogP contribution is 2.14. The van der Waals surface area contributed by atoms with Crippen LogP contribution in [0.25, 0.3) is 10.8 Å². The van der Waals surface area contributed by atoms with E-state index in [1.165, 1.54) is 4.68 Å². The first-order valence-electron chi connectivity index (χ1n) is 8.71. The second kappa shape index (κ2) is 8.12. The van der Waals surface area contributed by atoms with E-state index in [1.54, 1.807) is 24.3 Å². The molecule has 1 aromatic heterocycles. The van der Waals surface area contributed by atoms with Crippen LogP contribution in [0.5, 0.6) is 0 Å². The van der Waals surface area contributed by atoms with E-state index >= 15 is 0 Å². The molecule has 0 aliphatic carbocycles. The quantitative estimate of drug-likeness (QED) is 0.799. The molecule has 0 spiro atoms. The highest BCUT2D eigenvalue weighted by molar-refractivity contribution is 6.02. The van der Waals surface area contributed by atoms with Gasteiger partial charge in [-0.05, 0) is 33.3 Å². The molecule has 0 aliphatic heterocycles. The number of nitrogens with zero attached hydrogens (tertiary/aromatic N) is 2. The summed E-state index contributed by atoms with van der Waals surface area (Å²) in [6, 6.07) is 6.77. The van der Waals surface area contributed by atoms with Crippen LogP contribution in [0.4, 0.5) is 0 Å². The van der Waals surface area contributed by atoms with Crippen molar-refractivity contribution in [2.75, 3.05) is 6.61 Å². The molecule has 1 aromatic carbocycles. The molecule has 2 rings (SSSR count). The number of hydrogen-bond acceptors (Lipinski definition) is 5. The number of aryl methyl sites for hydroxylation is 1. The van der Waals surface area contributed by atoms with Gasteiger partial charge in [0.15, 0.2) is 12.3 Å². The van der Waals surface area contributed by atoms with Crippen molar-refractivity contribution in [1.82, 2.24) is 15.1 Å². The summed E-state index contributed by atoms with van der Waals surface area (Å²) in [6.45, 7) is 7.54. The second-order valence-electron chi connectivity index (χ2n) is 7.15. The molecule has 140 valence electrons. The number of aromatic nitrogens is 2. The molecule has 7 nitrogen and oxygen atoms in total. The minimum absolute atomic E-state index is 0.0415. The van der Waals surface area contributed by atoms with Crippen LogP contribution in [-0.4, -0.2) is 33.8 Å². The number of carbonyl (C=O) groups excluding carboxylic acids is 2. The van der Waals surface area contributed by atoms with Gasteiger partial charge in [0.25, 0.3) is 11.5 Å². The molecule has 0 radical (unpaired) electrons. The fourth-order valence-corrected chi connectivity index (χ4v) is 2.50. The van der Waals surface area contributed by atoms with Crippen molar-refractivity contribution >= 4 is 22.6 Å². The lowest BCUT2D eigenvalue weighted by molar-refractivity contribution is -0.125. The first-order chi connectivity index (χ1) is 12.2. The molecule has 1 amide bonds. The van der Waals surface area contributed by atoms with E-state index in [2.05, 4.69) is 10.4 Å². The number of fused-ring (bicyclic) bond motifs is 1. The van der Waals surface area contributed by atoms with E-state index in [0.717, 1.165) is 12.8 Å². The summed E-state index contributed by atoms with van der Waals surface area (Å²) in [7, 11) is 0. The maximum absolute atomic E-state index is 12.5. The molecule has 0 saturated heterocycles. The lowest BCUT2D eigenvalue weighted by Crippen LogP contribution is -2.42. The van der Waals surface area contributed by atoms with Crippen molar-refractivity contribution in [3.05, 3.63) is 40.3 Å². The molecule has 7 heteroatoms. The number of benzene rings is 1. The molecule has 0 saturated carbocycles. The predicted octanol–water partition coefficient (Wildman–Crippen LogP) is 2.27. The first-order valence-corrected chi connectivity index (χ1v) is 8.71. The monoisotopic (exact) mass is 359 g/mol. The SMILES string of the molecule is CCCCn1nc(C(=O)OCC(=O)NC(C)(C)C)c2ccccc2c1=O. The third-order valence-corrected chi connectivity index (χ3v) is 3.63. The topological polar surface area (TPSA) is 90.3 Å². The van der Waals surface area contributed by atoms with Crippen LogP contribution >= 0.6 is 0 Å². The van der Waals surface area contributed by atoms with E-state index in [1.807, 2.05) is 27.7 Å². The van der Waals surface area contributed by atoms with Gasteiger partial charge >= 0.3 is 5.97 Å². The third-order valence-electron chi connectivity index (χ3n) is 3.63. The van der Waals surface area contributed by atoms with Crippen LogP contribution < -0.4 is 10.9 Å². The Morgan fingerprint density at radius 2 is 1.85 bits per heavy atom. The first kappa shape index (κ1) is 19.6. The maximum Gasteiger partial charge on any atom is 0.359 e. The van der Waals surface area contributed by atoms with Crippen molar-refractivity contribution < 1.29 is 14.3 Å². The molecular formula is C19H25N3O4.